The lowest BCUT2D eigenvalue weighted by Gasteiger charge is -2.24. The zero-order chi connectivity index (χ0) is 21.3. The molecule has 0 saturated carbocycles. The van der Waals surface area contributed by atoms with E-state index in [-0.39, 0.29) is 18.2 Å². The molecule has 1 aromatic heterocycles. The highest BCUT2D eigenvalue weighted by Crippen LogP contribution is 2.16. The van der Waals surface area contributed by atoms with Crippen LogP contribution in [-0.2, 0) is 24.4 Å². The third-order valence-electron chi connectivity index (χ3n) is 4.56. The Bertz CT molecular complexity index is 900. The van der Waals surface area contributed by atoms with Gasteiger partial charge in [0, 0.05) is 20.1 Å². The largest absolute Gasteiger partial charge is 0.468 e. The topological polar surface area (TPSA) is 45.9 Å². The molecular formula is C23H24F2N2O3. The number of amides is 1. The molecule has 0 unspecified atom stereocenters. The summed E-state index contributed by atoms with van der Waals surface area (Å²) in [5.74, 6) is 0.830. The quantitative estimate of drug-likeness (QED) is 0.489. The van der Waals surface area contributed by atoms with E-state index in [9.17, 15) is 13.6 Å². The zero-order valence-corrected chi connectivity index (χ0v) is 16.7. The molecule has 0 radical (unpaired) electrons. The van der Waals surface area contributed by atoms with Crippen molar-refractivity contribution in [3.8, 4) is 5.75 Å². The number of carbonyl (C=O) groups excluding carboxylic acids is 1. The van der Waals surface area contributed by atoms with Gasteiger partial charge >= 0.3 is 6.61 Å². The maximum atomic E-state index is 12.8. The van der Waals surface area contributed by atoms with Crippen LogP contribution in [0.5, 0.6) is 5.75 Å². The Kier molecular flexibility index (Phi) is 7.57. The molecule has 5 nitrogen and oxygen atoms in total. The summed E-state index contributed by atoms with van der Waals surface area (Å²) in [6.45, 7) is -1.14. The van der Waals surface area contributed by atoms with Crippen LogP contribution in [0.25, 0.3) is 0 Å². The molecule has 0 N–H and O–H groups in total. The van der Waals surface area contributed by atoms with E-state index in [4.69, 9.17) is 4.42 Å². The second-order valence-electron chi connectivity index (χ2n) is 6.98. The van der Waals surface area contributed by atoms with E-state index in [1.165, 1.54) is 12.1 Å². The van der Waals surface area contributed by atoms with Gasteiger partial charge in [-0.25, -0.2) is 0 Å². The Morgan fingerprint density at radius 3 is 2.27 bits per heavy atom. The second-order valence-corrected chi connectivity index (χ2v) is 6.98. The Labute approximate surface area is 174 Å². The van der Waals surface area contributed by atoms with Gasteiger partial charge in [-0.15, -0.1) is 0 Å². The molecule has 0 aliphatic carbocycles. The summed E-state index contributed by atoms with van der Waals surface area (Å²) >= 11 is 0. The van der Waals surface area contributed by atoms with Crippen molar-refractivity contribution in [3.05, 3.63) is 89.9 Å². The van der Waals surface area contributed by atoms with Crippen LogP contribution >= 0.6 is 0 Å². The van der Waals surface area contributed by atoms with Gasteiger partial charge in [-0.3, -0.25) is 9.69 Å². The number of likely N-dealkylation sites (N-methyl/N-ethyl adjacent to an activating group) is 1. The highest BCUT2D eigenvalue weighted by Gasteiger charge is 2.17. The summed E-state index contributed by atoms with van der Waals surface area (Å²) in [6, 6.07) is 19.9. The summed E-state index contributed by atoms with van der Waals surface area (Å²) in [5.41, 5.74) is 1.93. The molecular weight excluding hydrogens is 390 g/mol. The van der Waals surface area contributed by atoms with Crippen molar-refractivity contribution in [1.29, 1.82) is 0 Å². The smallest absolute Gasteiger partial charge is 0.387 e. The molecule has 0 atom stereocenters. The van der Waals surface area contributed by atoms with E-state index in [1.807, 2.05) is 47.4 Å². The van der Waals surface area contributed by atoms with Crippen LogP contribution in [0.2, 0.25) is 0 Å². The Hall–Kier alpha value is -3.19. The molecule has 1 heterocycles. The van der Waals surface area contributed by atoms with E-state index < -0.39 is 6.61 Å². The number of rotatable bonds is 10. The predicted molar refractivity (Wildman–Crippen MR) is 109 cm³/mol. The van der Waals surface area contributed by atoms with Gasteiger partial charge in [-0.2, -0.15) is 8.78 Å². The molecule has 0 aliphatic rings. The third kappa shape index (κ3) is 6.70. The number of furan rings is 1. The maximum Gasteiger partial charge on any atom is 0.387 e. The van der Waals surface area contributed by atoms with E-state index in [2.05, 4.69) is 4.74 Å². The van der Waals surface area contributed by atoms with Crippen molar-refractivity contribution in [3.63, 3.8) is 0 Å². The summed E-state index contributed by atoms with van der Waals surface area (Å²) in [7, 11) is 1.72. The van der Waals surface area contributed by atoms with Crippen LogP contribution in [0.1, 0.15) is 16.9 Å². The highest BCUT2D eigenvalue weighted by atomic mass is 19.3. The molecule has 3 aromatic rings. The van der Waals surface area contributed by atoms with Gasteiger partial charge in [0.1, 0.15) is 11.5 Å². The maximum absolute atomic E-state index is 12.8. The number of ether oxygens (including phenoxy) is 1. The first-order valence-corrected chi connectivity index (χ1v) is 9.56. The number of nitrogens with zero attached hydrogens (tertiary/aromatic N) is 2. The van der Waals surface area contributed by atoms with Gasteiger partial charge in [0.2, 0.25) is 5.91 Å². The van der Waals surface area contributed by atoms with Crippen LogP contribution in [0.4, 0.5) is 8.78 Å². The Morgan fingerprint density at radius 2 is 1.63 bits per heavy atom. The van der Waals surface area contributed by atoms with Gasteiger partial charge in [0.15, 0.2) is 0 Å². The fraction of sp³-hybridized carbons (Fsp3) is 0.261. The minimum absolute atomic E-state index is 0.0506. The van der Waals surface area contributed by atoms with Crippen molar-refractivity contribution in [2.45, 2.75) is 26.2 Å². The zero-order valence-electron chi connectivity index (χ0n) is 16.7. The van der Waals surface area contributed by atoms with Crippen molar-refractivity contribution in [2.24, 2.45) is 0 Å². The van der Waals surface area contributed by atoms with Crippen LogP contribution < -0.4 is 4.74 Å². The summed E-state index contributed by atoms with van der Waals surface area (Å²) in [4.78, 5) is 16.5. The van der Waals surface area contributed by atoms with E-state index >= 15 is 0 Å². The van der Waals surface area contributed by atoms with Gasteiger partial charge in [0.25, 0.3) is 0 Å². The van der Waals surface area contributed by atoms with E-state index in [0.29, 0.717) is 19.6 Å². The van der Waals surface area contributed by atoms with Crippen LogP contribution in [0, 0.1) is 0 Å². The van der Waals surface area contributed by atoms with Crippen molar-refractivity contribution in [2.75, 3.05) is 13.6 Å². The number of hydrogen-bond donors (Lipinski definition) is 0. The van der Waals surface area contributed by atoms with Crippen LogP contribution in [0.3, 0.4) is 0 Å². The fourth-order valence-electron chi connectivity index (χ4n) is 3.08. The summed E-state index contributed by atoms with van der Waals surface area (Å²) in [5, 5.41) is 0. The van der Waals surface area contributed by atoms with Gasteiger partial charge in [-0.05, 0) is 35.4 Å². The lowest BCUT2D eigenvalue weighted by atomic mass is 10.2. The number of halogens is 2. The van der Waals surface area contributed by atoms with Crippen LogP contribution in [-0.4, -0.2) is 35.9 Å². The van der Waals surface area contributed by atoms with Crippen molar-refractivity contribution < 1.29 is 22.7 Å². The lowest BCUT2D eigenvalue weighted by molar-refractivity contribution is -0.132. The lowest BCUT2D eigenvalue weighted by Crippen LogP contribution is -2.37. The SMILES string of the molecule is CN(Cc1ccc(OC(F)F)cc1)C(=O)CN(Cc1ccccc1)Cc1ccco1. The minimum atomic E-state index is -2.86. The molecule has 1 amide bonds. The molecule has 30 heavy (non-hydrogen) atoms. The monoisotopic (exact) mass is 414 g/mol. The number of benzene rings is 2. The third-order valence-corrected chi connectivity index (χ3v) is 4.56. The van der Waals surface area contributed by atoms with E-state index in [0.717, 1.165) is 16.9 Å². The average molecular weight is 414 g/mol. The Morgan fingerprint density at radius 1 is 0.933 bits per heavy atom. The Balaban J connectivity index is 1.60. The summed E-state index contributed by atoms with van der Waals surface area (Å²) < 4.78 is 34.3. The molecule has 0 fully saturated rings. The standard InChI is InChI=1S/C23H24F2N2O3/c1-26(14-19-9-11-20(12-10-19)30-23(24)25)22(28)17-27(16-21-8-5-13-29-21)15-18-6-3-2-4-7-18/h2-13,23H,14-17H2,1H3. The van der Waals surface area contributed by atoms with Gasteiger partial charge in [0.05, 0.1) is 19.4 Å². The number of hydrogen-bond acceptors (Lipinski definition) is 4. The predicted octanol–water partition coefficient (Wildman–Crippen LogP) is 4.54. The molecule has 0 aliphatic heterocycles. The van der Waals surface area contributed by atoms with Crippen molar-refractivity contribution >= 4 is 5.91 Å². The molecule has 0 spiro atoms. The fourth-order valence-corrected chi connectivity index (χ4v) is 3.08. The van der Waals surface area contributed by atoms with Gasteiger partial charge < -0.3 is 14.1 Å². The average Bonchev–Trinajstić information content (AvgIpc) is 3.23. The highest BCUT2D eigenvalue weighted by molar-refractivity contribution is 5.78. The minimum Gasteiger partial charge on any atom is -0.468 e. The number of carbonyl (C=O) groups is 1. The van der Waals surface area contributed by atoms with Crippen molar-refractivity contribution in [1.82, 2.24) is 9.80 Å². The summed E-state index contributed by atoms with van der Waals surface area (Å²) in [6.07, 6.45) is 1.62. The molecule has 7 heteroatoms. The molecule has 2 aromatic carbocycles. The normalized spacial score (nSPS) is 11.1. The number of alkyl halides is 2. The molecule has 0 saturated heterocycles. The first-order chi connectivity index (χ1) is 14.5. The second kappa shape index (κ2) is 10.5. The van der Waals surface area contributed by atoms with E-state index in [1.54, 1.807) is 30.3 Å². The molecule has 158 valence electrons. The molecule has 3 rings (SSSR count). The van der Waals surface area contributed by atoms with Gasteiger partial charge in [-0.1, -0.05) is 42.5 Å². The molecule has 0 bridgehead atoms. The van der Waals surface area contributed by atoms with Crippen LogP contribution in [0.15, 0.2) is 77.4 Å². The first kappa shape index (κ1) is 21.5. The first-order valence-electron chi connectivity index (χ1n) is 9.56.